The van der Waals surface area contributed by atoms with Crippen LogP contribution in [0.1, 0.15) is 11.1 Å². The van der Waals surface area contributed by atoms with Gasteiger partial charge in [0.25, 0.3) is 0 Å². The SMILES string of the molecule is Cc1ccc(Cn2c(=S)[nH]c3cc(I)c(F)cc32)cc1. The molecular formula is C15H12FIN2S. The normalized spacial score (nSPS) is 11.2. The number of aryl methyl sites for hydroxylation is 1. The van der Waals surface area contributed by atoms with Crippen LogP contribution in [0.5, 0.6) is 0 Å². The summed E-state index contributed by atoms with van der Waals surface area (Å²) in [5, 5.41) is 0. The molecule has 0 radical (unpaired) electrons. The molecular weight excluding hydrogens is 386 g/mol. The van der Waals surface area contributed by atoms with E-state index >= 15 is 0 Å². The van der Waals surface area contributed by atoms with Gasteiger partial charge in [0.15, 0.2) is 4.77 Å². The molecule has 1 aromatic heterocycles. The Kier molecular flexibility index (Phi) is 3.64. The molecule has 1 heterocycles. The third-order valence-electron chi connectivity index (χ3n) is 3.28. The molecule has 0 fully saturated rings. The highest BCUT2D eigenvalue weighted by Crippen LogP contribution is 2.21. The van der Waals surface area contributed by atoms with Crippen molar-refractivity contribution in [3.63, 3.8) is 0 Å². The van der Waals surface area contributed by atoms with Gasteiger partial charge in [-0.25, -0.2) is 4.39 Å². The van der Waals surface area contributed by atoms with Crippen LogP contribution in [0.3, 0.4) is 0 Å². The minimum atomic E-state index is -0.218. The zero-order valence-corrected chi connectivity index (χ0v) is 13.8. The zero-order valence-electron chi connectivity index (χ0n) is 10.8. The number of rotatable bonds is 2. The first-order valence-corrected chi connectivity index (χ1v) is 7.66. The van der Waals surface area contributed by atoms with Crippen LogP contribution in [0.25, 0.3) is 11.0 Å². The van der Waals surface area contributed by atoms with Crippen molar-refractivity contribution in [3.05, 3.63) is 61.7 Å². The van der Waals surface area contributed by atoms with Crippen molar-refractivity contribution in [1.29, 1.82) is 0 Å². The van der Waals surface area contributed by atoms with Crippen molar-refractivity contribution >= 4 is 45.8 Å². The Hall–Kier alpha value is -1.21. The molecule has 2 nitrogen and oxygen atoms in total. The number of hydrogen-bond acceptors (Lipinski definition) is 1. The summed E-state index contributed by atoms with van der Waals surface area (Å²) in [6, 6.07) is 11.6. The molecule has 0 saturated carbocycles. The third-order valence-corrected chi connectivity index (χ3v) is 4.43. The number of aromatic nitrogens is 2. The van der Waals surface area contributed by atoms with Crippen molar-refractivity contribution in [2.45, 2.75) is 13.5 Å². The number of benzene rings is 2. The standard InChI is InChI=1S/C15H12FIN2S/c1-9-2-4-10(5-3-9)8-19-14-6-11(16)12(17)7-13(14)18-15(19)20/h2-7H,8H2,1H3,(H,18,20). The van der Waals surface area contributed by atoms with E-state index in [1.165, 1.54) is 11.6 Å². The molecule has 5 heteroatoms. The maximum Gasteiger partial charge on any atom is 0.178 e. The van der Waals surface area contributed by atoms with E-state index in [-0.39, 0.29) is 5.82 Å². The van der Waals surface area contributed by atoms with Crippen LogP contribution in [0.2, 0.25) is 0 Å². The highest BCUT2D eigenvalue weighted by molar-refractivity contribution is 14.1. The van der Waals surface area contributed by atoms with Crippen molar-refractivity contribution in [2.24, 2.45) is 0 Å². The van der Waals surface area contributed by atoms with Crippen LogP contribution in [0.15, 0.2) is 36.4 Å². The average Bonchev–Trinajstić information content (AvgIpc) is 2.69. The number of halogens is 2. The number of imidazole rings is 1. The minimum Gasteiger partial charge on any atom is -0.331 e. The summed E-state index contributed by atoms with van der Waals surface area (Å²) in [6.45, 7) is 2.69. The summed E-state index contributed by atoms with van der Waals surface area (Å²) >= 11 is 7.33. The lowest BCUT2D eigenvalue weighted by Gasteiger charge is -2.06. The monoisotopic (exact) mass is 398 g/mol. The van der Waals surface area contributed by atoms with Gasteiger partial charge in [-0.1, -0.05) is 29.8 Å². The Labute approximate surface area is 134 Å². The molecule has 0 aliphatic heterocycles. The maximum absolute atomic E-state index is 13.8. The summed E-state index contributed by atoms with van der Waals surface area (Å²) in [5.74, 6) is -0.218. The van der Waals surface area contributed by atoms with E-state index in [4.69, 9.17) is 12.2 Å². The minimum absolute atomic E-state index is 0.218. The van der Waals surface area contributed by atoms with Gasteiger partial charge in [-0.05, 0) is 53.4 Å². The van der Waals surface area contributed by atoms with E-state index in [1.807, 2.05) is 27.2 Å². The molecule has 3 aromatic rings. The van der Waals surface area contributed by atoms with Gasteiger partial charge in [0.2, 0.25) is 0 Å². The van der Waals surface area contributed by atoms with Crippen molar-refractivity contribution < 1.29 is 4.39 Å². The predicted molar refractivity (Wildman–Crippen MR) is 90.1 cm³/mol. The first-order chi connectivity index (χ1) is 9.54. The van der Waals surface area contributed by atoms with E-state index in [1.54, 1.807) is 6.07 Å². The Morgan fingerprint density at radius 3 is 2.65 bits per heavy atom. The van der Waals surface area contributed by atoms with Crippen LogP contribution >= 0.6 is 34.8 Å². The van der Waals surface area contributed by atoms with Gasteiger partial charge in [-0.3, -0.25) is 0 Å². The lowest BCUT2D eigenvalue weighted by molar-refractivity contribution is 0.621. The first-order valence-electron chi connectivity index (χ1n) is 6.18. The number of fused-ring (bicyclic) bond motifs is 1. The predicted octanol–water partition coefficient (Wildman–Crippen LogP) is 4.80. The van der Waals surface area contributed by atoms with E-state index in [0.29, 0.717) is 14.9 Å². The molecule has 0 atom stereocenters. The molecule has 102 valence electrons. The van der Waals surface area contributed by atoms with E-state index < -0.39 is 0 Å². The summed E-state index contributed by atoms with van der Waals surface area (Å²) in [7, 11) is 0. The average molecular weight is 398 g/mol. The van der Waals surface area contributed by atoms with E-state index in [0.717, 1.165) is 16.6 Å². The highest BCUT2D eigenvalue weighted by Gasteiger charge is 2.09. The third kappa shape index (κ3) is 2.52. The van der Waals surface area contributed by atoms with Crippen LogP contribution in [0, 0.1) is 21.1 Å². The molecule has 0 aliphatic carbocycles. The molecule has 3 rings (SSSR count). The number of aromatic amines is 1. The number of nitrogens with one attached hydrogen (secondary N) is 1. The van der Waals surface area contributed by atoms with Gasteiger partial charge < -0.3 is 9.55 Å². The molecule has 0 saturated heterocycles. The van der Waals surface area contributed by atoms with Gasteiger partial charge in [0.1, 0.15) is 5.82 Å². The summed E-state index contributed by atoms with van der Waals surface area (Å²) < 4.78 is 16.9. The first kappa shape index (κ1) is 13.8. The van der Waals surface area contributed by atoms with E-state index in [2.05, 4.69) is 36.2 Å². The molecule has 1 N–H and O–H groups in total. The maximum atomic E-state index is 13.8. The van der Waals surface area contributed by atoms with Crippen LogP contribution in [0.4, 0.5) is 4.39 Å². The Morgan fingerprint density at radius 1 is 1.25 bits per heavy atom. The second-order valence-corrected chi connectivity index (χ2v) is 6.33. The topological polar surface area (TPSA) is 20.7 Å². The fourth-order valence-electron chi connectivity index (χ4n) is 2.18. The molecule has 20 heavy (non-hydrogen) atoms. The molecule has 0 aliphatic rings. The molecule has 0 amide bonds. The highest BCUT2D eigenvalue weighted by atomic mass is 127. The van der Waals surface area contributed by atoms with Crippen LogP contribution in [-0.4, -0.2) is 9.55 Å². The quantitative estimate of drug-likeness (QED) is 0.486. The smallest absolute Gasteiger partial charge is 0.178 e. The van der Waals surface area contributed by atoms with Gasteiger partial charge in [-0.2, -0.15) is 0 Å². The largest absolute Gasteiger partial charge is 0.331 e. The lowest BCUT2D eigenvalue weighted by atomic mass is 10.1. The molecule has 0 unspecified atom stereocenters. The van der Waals surface area contributed by atoms with Crippen molar-refractivity contribution in [2.75, 3.05) is 0 Å². The van der Waals surface area contributed by atoms with Gasteiger partial charge >= 0.3 is 0 Å². The Morgan fingerprint density at radius 2 is 1.95 bits per heavy atom. The summed E-state index contributed by atoms with van der Waals surface area (Å²) in [6.07, 6.45) is 0. The molecule has 2 aromatic carbocycles. The zero-order chi connectivity index (χ0) is 14.3. The van der Waals surface area contributed by atoms with Gasteiger partial charge in [-0.15, -0.1) is 0 Å². The summed E-state index contributed by atoms with van der Waals surface area (Å²) in [5.41, 5.74) is 4.03. The summed E-state index contributed by atoms with van der Waals surface area (Å²) in [4.78, 5) is 3.13. The van der Waals surface area contributed by atoms with Crippen LogP contribution < -0.4 is 0 Å². The fraction of sp³-hybridized carbons (Fsp3) is 0.133. The molecule has 0 bridgehead atoms. The van der Waals surface area contributed by atoms with Crippen LogP contribution in [-0.2, 0) is 6.54 Å². The Bertz CT molecular complexity index is 833. The lowest BCUT2D eigenvalue weighted by Crippen LogP contribution is -2.00. The fourth-order valence-corrected chi connectivity index (χ4v) is 2.92. The van der Waals surface area contributed by atoms with E-state index in [9.17, 15) is 4.39 Å². The van der Waals surface area contributed by atoms with Gasteiger partial charge in [0, 0.05) is 6.07 Å². The Balaban J connectivity index is 2.11. The molecule has 0 spiro atoms. The van der Waals surface area contributed by atoms with Gasteiger partial charge in [0.05, 0.1) is 21.1 Å². The second kappa shape index (κ2) is 5.29. The number of nitrogens with zero attached hydrogens (tertiary/aromatic N) is 1. The number of H-pyrrole nitrogens is 1. The number of hydrogen-bond donors (Lipinski definition) is 1. The van der Waals surface area contributed by atoms with Crippen molar-refractivity contribution in [1.82, 2.24) is 9.55 Å². The second-order valence-electron chi connectivity index (χ2n) is 4.79. The van der Waals surface area contributed by atoms with Crippen molar-refractivity contribution in [3.8, 4) is 0 Å².